The summed E-state index contributed by atoms with van der Waals surface area (Å²) in [6, 6.07) is 4.04. The minimum atomic E-state index is 0.761. The number of imidazole rings is 1. The molecule has 5 nitrogen and oxygen atoms in total. The highest BCUT2D eigenvalue weighted by Crippen LogP contribution is 2.11. The predicted molar refractivity (Wildman–Crippen MR) is 75.3 cm³/mol. The summed E-state index contributed by atoms with van der Waals surface area (Å²) in [4.78, 5) is 8.53. The monoisotopic (exact) mass is 260 g/mol. The highest BCUT2D eigenvalue weighted by Gasteiger charge is 2.05. The van der Waals surface area contributed by atoms with Gasteiger partial charge in [0.05, 0.1) is 12.2 Å². The summed E-state index contributed by atoms with van der Waals surface area (Å²) in [6.45, 7) is 4.43. The number of nitrogens with one attached hydrogen (secondary N) is 1. The number of anilines is 1. The van der Waals surface area contributed by atoms with Crippen LogP contribution in [0.5, 0.6) is 0 Å². The maximum atomic E-state index is 5.04. The van der Waals surface area contributed by atoms with Gasteiger partial charge in [-0.1, -0.05) is 0 Å². The van der Waals surface area contributed by atoms with E-state index in [-0.39, 0.29) is 0 Å². The van der Waals surface area contributed by atoms with Gasteiger partial charge in [-0.3, -0.25) is 4.98 Å². The lowest BCUT2D eigenvalue weighted by molar-refractivity contribution is 0.197. The fraction of sp³-hybridized carbons (Fsp3) is 0.429. The first-order valence-corrected chi connectivity index (χ1v) is 6.45. The Hall–Kier alpha value is -1.88. The number of rotatable bonds is 7. The molecule has 0 spiro atoms. The molecule has 0 radical (unpaired) electrons. The van der Waals surface area contributed by atoms with E-state index in [1.54, 1.807) is 7.11 Å². The number of aromatic nitrogens is 3. The molecule has 0 bridgehead atoms. The number of methoxy groups -OCH3 is 1. The van der Waals surface area contributed by atoms with Crippen molar-refractivity contribution >= 4 is 5.95 Å². The van der Waals surface area contributed by atoms with Crippen LogP contribution >= 0.6 is 0 Å². The van der Waals surface area contributed by atoms with Crippen molar-refractivity contribution < 1.29 is 4.74 Å². The molecule has 0 saturated heterocycles. The van der Waals surface area contributed by atoms with Gasteiger partial charge >= 0.3 is 0 Å². The van der Waals surface area contributed by atoms with Gasteiger partial charge in [-0.2, -0.15) is 0 Å². The van der Waals surface area contributed by atoms with Gasteiger partial charge in [0.25, 0.3) is 0 Å². The van der Waals surface area contributed by atoms with Crippen molar-refractivity contribution in [2.24, 2.45) is 0 Å². The molecular formula is C14H20N4O. The van der Waals surface area contributed by atoms with E-state index in [2.05, 4.69) is 26.0 Å². The smallest absolute Gasteiger partial charge is 0.203 e. The fourth-order valence-electron chi connectivity index (χ4n) is 1.91. The predicted octanol–water partition coefficient (Wildman–Crippen LogP) is 2.08. The average Bonchev–Trinajstić information content (AvgIpc) is 2.76. The van der Waals surface area contributed by atoms with Crippen LogP contribution in [0.3, 0.4) is 0 Å². The van der Waals surface area contributed by atoms with Gasteiger partial charge in [0, 0.05) is 38.9 Å². The molecule has 5 heteroatoms. The summed E-state index contributed by atoms with van der Waals surface area (Å²) < 4.78 is 7.16. The lowest BCUT2D eigenvalue weighted by Crippen LogP contribution is -2.10. The van der Waals surface area contributed by atoms with E-state index in [4.69, 9.17) is 4.74 Å². The van der Waals surface area contributed by atoms with Gasteiger partial charge in [-0.15, -0.1) is 0 Å². The number of nitrogens with zero attached hydrogens (tertiary/aromatic N) is 3. The molecule has 0 fully saturated rings. The molecule has 1 N–H and O–H groups in total. The Kier molecular flexibility index (Phi) is 4.92. The van der Waals surface area contributed by atoms with Crippen molar-refractivity contribution in [3.63, 3.8) is 0 Å². The average molecular weight is 260 g/mol. The van der Waals surface area contributed by atoms with E-state index < -0.39 is 0 Å². The summed E-state index contributed by atoms with van der Waals surface area (Å²) in [5.41, 5.74) is 2.23. The third kappa shape index (κ3) is 4.06. The molecule has 0 aliphatic rings. The topological polar surface area (TPSA) is 52.0 Å². The minimum Gasteiger partial charge on any atom is -0.385 e. The van der Waals surface area contributed by atoms with Crippen LogP contribution in [-0.4, -0.2) is 34.8 Å². The van der Waals surface area contributed by atoms with Crippen molar-refractivity contribution in [3.8, 4) is 0 Å². The van der Waals surface area contributed by atoms with Gasteiger partial charge in [0.1, 0.15) is 0 Å². The van der Waals surface area contributed by atoms with Crippen molar-refractivity contribution in [2.45, 2.75) is 19.9 Å². The normalized spacial score (nSPS) is 10.6. The molecule has 2 heterocycles. The first kappa shape index (κ1) is 13.5. The molecule has 0 amide bonds. The standard InChI is InChI=1S/C14H20N4O/c1-12-10-18(11-13-4-7-15-8-5-13)14(17-12)16-6-3-9-19-2/h4-5,7-8,10H,3,6,9,11H2,1-2H3,(H,16,17). The second-order valence-corrected chi connectivity index (χ2v) is 4.46. The SMILES string of the molecule is COCCCNc1nc(C)cn1Cc1ccncc1. The molecule has 0 saturated carbocycles. The van der Waals surface area contributed by atoms with E-state index in [0.29, 0.717) is 0 Å². The number of hydrogen-bond donors (Lipinski definition) is 1. The number of aryl methyl sites for hydroxylation is 1. The molecule has 0 aliphatic carbocycles. The largest absolute Gasteiger partial charge is 0.385 e. The molecule has 2 aromatic heterocycles. The van der Waals surface area contributed by atoms with Crippen LogP contribution in [0, 0.1) is 6.92 Å². The lowest BCUT2D eigenvalue weighted by atomic mass is 10.3. The highest BCUT2D eigenvalue weighted by atomic mass is 16.5. The van der Waals surface area contributed by atoms with Crippen LogP contribution in [0.4, 0.5) is 5.95 Å². The van der Waals surface area contributed by atoms with Crippen LogP contribution in [0.1, 0.15) is 17.7 Å². The van der Waals surface area contributed by atoms with Crippen LogP contribution in [0.2, 0.25) is 0 Å². The Labute approximate surface area is 113 Å². The first-order chi connectivity index (χ1) is 9.29. The summed E-state index contributed by atoms with van der Waals surface area (Å²) in [6.07, 6.45) is 6.65. The summed E-state index contributed by atoms with van der Waals surface area (Å²) in [5, 5.41) is 3.35. The Morgan fingerprint density at radius 3 is 2.84 bits per heavy atom. The van der Waals surface area contributed by atoms with Crippen molar-refractivity contribution in [1.29, 1.82) is 0 Å². The summed E-state index contributed by atoms with van der Waals surface area (Å²) >= 11 is 0. The molecular weight excluding hydrogens is 240 g/mol. The third-order valence-electron chi connectivity index (χ3n) is 2.81. The summed E-state index contributed by atoms with van der Waals surface area (Å²) in [7, 11) is 1.72. The van der Waals surface area contributed by atoms with Crippen LogP contribution < -0.4 is 5.32 Å². The lowest BCUT2D eigenvalue weighted by Gasteiger charge is -2.09. The molecule has 19 heavy (non-hydrogen) atoms. The minimum absolute atomic E-state index is 0.761. The Morgan fingerprint density at radius 2 is 2.11 bits per heavy atom. The maximum absolute atomic E-state index is 5.04. The van der Waals surface area contributed by atoms with E-state index in [9.17, 15) is 0 Å². The Bertz CT molecular complexity index is 495. The highest BCUT2D eigenvalue weighted by molar-refractivity contribution is 5.30. The molecule has 0 atom stereocenters. The Morgan fingerprint density at radius 1 is 1.32 bits per heavy atom. The zero-order valence-electron chi connectivity index (χ0n) is 11.5. The molecule has 0 unspecified atom stereocenters. The second kappa shape index (κ2) is 6.89. The van der Waals surface area contributed by atoms with Gasteiger partial charge in [-0.05, 0) is 31.0 Å². The number of hydrogen-bond acceptors (Lipinski definition) is 4. The van der Waals surface area contributed by atoms with E-state index in [0.717, 1.165) is 37.8 Å². The van der Waals surface area contributed by atoms with E-state index in [1.165, 1.54) is 5.56 Å². The number of ether oxygens (including phenoxy) is 1. The third-order valence-corrected chi connectivity index (χ3v) is 2.81. The molecule has 0 aromatic carbocycles. The van der Waals surface area contributed by atoms with E-state index in [1.807, 2.05) is 31.5 Å². The summed E-state index contributed by atoms with van der Waals surface area (Å²) in [5.74, 6) is 0.908. The van der Waals surface area contributed by atoms with Crippen LogP contribution in [-0.2, 0) is 11.3 Å². The van der Waals surface area contributed by atoms with Gasteiger partial charge in [-0.25, -0.2) is 4.98 Å². The zero-order valence-corrected chi connectivity index (χ0v) is 11.5. The Balaban J connectivity index is 2.00. The molecule has 102 valence electrons. The zero-order chi connectivity index (χ0) is 13.5. The van der Waals surface area contributed by atoms with E-state index >= 15 is 0 Å². The first-order valence-electron chi connectivity index (χ1n) is 6.45. The van der Waals surface area contributed by atoms with Crippen LogP contribution in [0.25, 0.3) is 0 Å². The van der Waals surface area contributed by atoms with Gasteiger partial charge in [0.15, 0.2) is 0 Å². The second-order valence-electron chi connectivity index (χ2n) is 4.46. The molecule has 2 aromatic rings. The molecule has 2 rings (SSSR count). The van der Waals surface area contributed by atoms with Crippen molar-refractivity contribution in [2.75, 3.05) is 25.6 Å². The van der Waals surface area contributed by atoms with Crippen LogP contribution in [0.15, 0.2) is 30.7 Å². The van der Waals surface area contributed by atoms with Crippen molar-refractivity contribution in [1.82, 2.24) is 14.5 Å². The van der Waals surface area contributed by atoms with Gasteiger partial charge < -0.3 is 14.6 Å². The van der Waals surface area contributed by atoms with Gasteiger partial charge in [0.2, 0.25) is 5.95 Å². The van der Waals surface area contributed by atoms with Crippen molar-refractivity contribution in [3.05, 3.63) is 42.0 Å². The molecule has 0 aliphatic heterocycles. The quantitative estimate of drug-likeness (QED) is 0.774. The number of pyridine rings is 1. The maximum Gasteiger partial charge on any atom is 0.203 e. The fourth-order valence-corrected chi connectivity index (χ4v) is 1.91.